The van der Waals surface area contributed by atoms with Crippen LogP contribution in [0.3, 0.4) is 0 Å². The zero-order valence-corrected chi connectivity index (χ0v) is 13.9. The molecule has 8 heteroatoms. The zero-order valence-electron chi connectivity index (χ0n) is 12.3. The third-order valence-corrected chi connectivity index (χ3v) is 5.68. The Morgan fingerprint density at radius 2 is 1.88 bits per heavy atom. The highest BCUT2D eigenvalue weighted by Gasteiger charge is 2.27. The Bertz CT molecular complexity index is 1070. The number of fused-ring (bicyclic) bond motifs is 1. The van der Waals surface area contributed by atoms with Gasteiger partial charge in [0, 0.05) is 11.6 Å². The highest BCUT2D eigenvalue weighted by atomic mass is 35.5. The van der Waals surface area contributed by atoms with Crippen molar-refractivity contribution in [1.82, 2.24) is 3.97 Å². The van der Waals surface area contributed by atoms with E-state index >= 15 is 0 Å². The number of aromatic carboxylic acids is 1. The molecule has 0 unspecified atom stereocenters. The average Bonchev–Trinajstić information content (AvgIpc) is 2.96. The summed E-state index contributed by atoms with van der Waals surface area (Å²) in [6, 6.07) is 8.48. The molecule has 0 bridgehead atoms. The van der Waals surface area contributed by atoms with E-state index in [-0.39, 0.29) is 31.9 Å². The molecule has 3 aromatic rings. The molecule has 0 radical (unpaired) electrons. The van der Waals surface area contributed by atoms with Gasteiger partial charge >= 0.3 is 5.97 Å². The molecule has 0 fully saturated rings. The van der Waals surface area contributed by atoms with Crippen molar-refractivity contribution >= 4 is 38.5 Å². The fourth-order valence-electron chi connectivity index (χ4n) is 2.55. The molecule has 1 N–H and O–H groups in total. The number of hydrogen-bond acceptors (Lipinski definition) is 3. The second-order valence-electron chi connectivity index (χ2n) is 5.15. The standard InChI is InChI=1S/C16H11ClFNO4S/c1-9-13(18)7-12(17)15-14(9)11(16(20)21)8-19(15)24(22,23)10-5-3-2-4-6-10/h2-8H,1H3,(H,20,21). The van der Waals surface area contributed by atoms with Gasteiger partial charge in [0.25, 0.3) is 10.0 Å². The van der Waals surface area contributed by atoms with Gasteiger partial charge in [0.05, 0.1) is 21.0 Å². The van der Waals surface area contributed by atoms with Gasteiger partial charge in [0.15, 0.2) is 0 Å². The fourth-order valence-corrected chi connectivity index (χ4v) is 4.29. The van der Waals surface area contributed by atoms with Crippen molar-refractivity contribution in [1.29, 1.82) is 0 Å². The van der Waals surface area contributed by atoms with E-state index in [9.17, 15) is 22.7 Å². The first kappa shape index (κ1) is 16.5. The molecule has 2 aromatic carbocycles. The molecule has 1 aromatic heterocycles. The van der Waals surface area contributed by atoms with Crippen molar-refractivity contribution in [3.8, 4) is 0 Å². The third kappa shape index (κ3) is 2.37. The van der Waals surface area contributed by atoms with Crippen molar-refractivity contribution in [2.45, 2.75) is 11.8 Å². The van der Waals surface area contributed by atoms with Gasteiger partial charge in [-0.2, -0.15) is 0 Å². The summed E-state index contributed by atoms with van der Waals surface area (Å²) in [7, 11) is -4.08. The lowest BCUT2D eigenvalue weighted by atomic mass is 10.1. The van der Waals surface area contributed by atoms with Crippen LogP contribution in [-0.2, 0) is 10.0 Å². The van der Waals surface area contributed by atoms with Gasteiger partial charge in [0.1, 0.15) is 5.82 Å². The predicted octanol–water partition coefficient (Wildman–Crippen LogP) is 3.68. The molecule has 124 valence electrons. The maximum atomic E-state index is 13.9. The summed E-state index contributed by atoms with van der Waals surface area (Å²) in [5.74, 6) is -2.07. The van der Waals surface area contributed by atoms with Crippen LogP contribution < -0.4 is 0 Å². The number of aromatic nitrogens is 1. The number of carbonyl (C=O) groups is 1. The topological polar surface area (TPSA) is 76.4 Å². The summed E-state index contributed by atoms with van der Waals surface area (Å²) in [4.78, 5) is 11.5. The van der Waals surface area contributed by atoms with Crippen LogP contribution in [0.25, 0.3) is 10.9 Å². The lowest BCUT2D eigenvalue weighted by Crippen LogP contribution is -2.12. The molecule has 0 saturated carbocycles. The minimum atomic E-state index is -4.08. The Kier molecular flexibility index (Phi) is 3.85. The van der Waals surface area contributed by atoms with Crippen LogP contribution in [0.15, 0.2) is 47.5 Å². The quantitative estimate of drug-likeness (QED) is 0.766. The first-order chi connectivity index (χ1) is 11.2. The van der Waals surface area contributed by atoms with E-state index in [2.05, 4.69) is 0 Å². The summed E-state index contributed by atoms with van der Waals surface area (Å²) in [6.45, 7) is 1.37. The molecule has 24 heavy (non-hydrogen) atoms. The van der Waals surface area contributed by atoms with E-state index in [1.54, 1.807) is 18.2 Å². The van der Waals surface area contributed by atoms with Crippen molar-refractivity contribution in [3.63, 3.8) is 0 Å². The summed E-state index contributed by atoms with van der Waals surface area (Å²) < 4.78 is 40.4. The van der Waals surface area contributed by atoms with Crippen molar-refractivity contribution in [2.75, 3.05) is 0 Å². The minimum absolute atomic E-state index is 0.0220. The molecule has 0 atom stereocenters. The van der Waals surface area contributed by atoms with E-state index in [0.717, 1.165) is 16.2 Å². The molecule has 3 rings (SSSR count). The Hall–Kier alpha value is -2.38. The SMILES string of the molecule is Cc1c(F)cc(Cl)c2c1c(C(=O)O)cn2S(=O)(=O)c1ccccc1. The third-order valence-electron chi connectivity index (χ3n) is 3.72. The highest BCUT2D eigenvalue weighted by molar-refractivity contribution is 7.90. The van der Waals surface area contributed by atoms with Crippen molar-refractivity contribution < 1.29 is 22.7 Å². The Morgan fingerprint density at radius 3 is 2.46 bits per heavy atom. The molecule has 0 aliphatic heterocycles. The number of nitrogens with zero attached hydrogens (tertiary/aromatic N) is 1. The minimum Gasteiger partial charge on any atom is -0.478 e. The van der Waals surface area contributed by atoms with E-state index < -0.39 is 21.8 Å². The van der Waals surface area contributed by atoms with Crippen LogP contribution in [0.1, 0.15) is 15.9 Å². The summed E-state index contributed by atoms with van der Waals surface area (Å²) in [5.41, 5.74) is -0.367. The maximum absolute atomic E-state index is 13.9. The second-order valence-corrected chi connectivity index (χ2v) is 7.37. The van der Waals surface area contributed by atoms with E-state index in [1.807, 2.05) is 0 Å². The zero-order chi connectivity index (χ0) is 17.6. The lowest BCUT2D eigenvalue weighted by molar-refractivity contribution is 0.0699. The predicted molar refractivity (Wildman–Crippen MR) is 87.6 cm³/mol. The van der Waals surface area contributed by atoms with Crippen LogP contribution in [0, 0.1) is 12.7 Å². The van der Waals surface area contributed by atoms with Gasteiger partial charge in [-0.25, -0.2) is 21.6 Å². The van der Waals surface area contributed by atoms with Gasteiger partial charge < -0.3 is 5.11 Å². The smallest absolute Gasteiger partial charge is 0.337 e. The molecule has 0 saturated heterocycles. The van der Waals surface area contributed by atoms with Gasteiger partial charge in [-0.1, -0.05) is 29.8 Å². The second kappa shape index (κ2) is 5.61. The van der Waals surface area contributed by atoms with Crippen LogP contribution in [0.5, 0.6) is 0 Å². The van der Waals surface area contributed by atoms with Crippen LogP contribution >= 0.6 is 11.6 Å². The van der Waals surface area contributed by atoms with Crippen LogP contribution in [-0.4, -0.2) is 23.5 Å². The number of halogens is 2. The number of aryl methyl sites for hydroxylation is 1. The number of carboxylic acid groups (broad SMARTS) is 1. The van der Waals surface area contributed by atoms with Crippen molar-refractivity contribution in [3.05, 3.63) is 64.6 Å². The number of carboxylic acids is 1. The van der Waals surface area contributed by atoms with Gasteiger partial charge in [-0.05, 0) is 30.7 Å². The molecule has 0 spiro atoms. The van der Waals surface area contributed by atoms with Gasteiger partial charge in [-0.3, -0.25) is 0 Å². The maximum Gasteiger partial charge on any atom is 0.337 e. The first-order valence-corrected chi connectivity index (χ1v) is 8.60. The van der Waals surface area contributed by atoms with E-state index in [0.29, 0.717) is 0 Å². The summed E-state index contributed by atoms with van der Waals surface area (Å²) in [5, 5.41) is 9.15. The molecular weight excluding hydrogens is 357 g/mol. The molecule has 0 aliphatic rings. The van der Waals surface area contributed by atoms with Crippen LogP contribution in [0.2, 0.25) is 5.02 Å². The van der Waals surface area contributed by atoms with Gasteiger partial charge in [0.2, 0.25) is 0 Å². The Morgan fingerprint density at radius 1 is 1.25 bits per heavy atom. The first-order valence-electron chi connectivity index (χ1n) is 6.78. The lowest BCUT2D eigenvalue weighted by Gasteiger charge is -2.09. The van der Waals surface area contributed by atoms with Crippen LogP contribution in [0.4, 0.5) is 4.39 Å². The Balaban J connectivity index is 2.47. The molecule has 0 aliphatic carbocycles. The Labute approximate surface area is 142 Å². The van der Waals surface area contributed by atoms with Gasteiger partial charge in [-0.15, -0.1) is 0 Å². The monoisotopic (exact) mass is 367 g/mol. The fraction of sp³-hybridized carbons (Fsp3) is 0.0625. The number of rotatable bonds is 3. The van der Waals surface area contributed by atoms with Crippen molar-refractivity contribution in [2.24, 2.45) is 0 Å². The van der Waals surface area contributed by atoms with E-state index in [4.69, 9.17) is 11.6 Å². The summed E-state index contributed by atoms with van der Waals surface area (Å²) in [6.07, 6.45) is 0.952. The summed E-state index contributed by atoms with van der Waals surface area (Å²) >= 11 is 6.03. The normalized spacial score (nSPS) is 11.8. The van der Waals surface area contributed by atoms with E-state index in [1.165, 1.54) is 19.1 Å². The average molecular weight is 368 g/mol. The largest absolute Gasteiger partial charge is 0.478 e. The highest BCUT2D eigenvalue weighted by Crippen LogP contribution is 2.35. The molecule has 5 nitrogen and oxygen atoms in total. The molecule has 1 heterocycles. The molecular formula is C16H11ClFNO4S. The molecule has 0 amide bonds. The number of benzene rings is 2. The number of hydrogen-bond donors (Lipinski definition) is 1.